The van der Waals surface area contributed by atoms with Crippen LogP contribution in [0.4, 0.5) is 0 Å². The van der Waals surface area contributed by atoms with Crippen LogP contribution in [0.15, 0.2) is 42.5 Å². The van der Waals surface area contributed by atoms with Crippen LogP contribution in [-0.2, 0) is 11.3 Å². The molecule has 0 bridgehead atoms. The summed E-state index contributed by atoms with van der Waals surface area (Å²) in [5.74, 6) is 1.38. The standard InChI is InChI=1S/C18H21NO3/c1-13-8-14(2)10-17(9-13)22-12-18(20)19-11-15-4-6-16(21-3)7-5-15/h4-10H,11-12H2,1-3H3,(H,19,20). The number of aryl methyl sites for hydroxylation is 2. The lowest BCUT2D eigenvalue weighted by Gasteiger charge is -2.09. The van der Waals surface area contributed by atoms with Gasteiger partial charge in [-0.25, -0.2) is 0 Å². The van der Waals surface area contributed by atoms with Crippen LogP contribution in [0.5, 0.6) is 11.5 Å². The van der Waals surface area contributed by atoms with Crippen molar-refractivity contribution in [2.24, 2.45) is 0 Å². The summed E-state index contributed by atoms with van der Waals surface area (Å²) in [6.45, 7) is 4.49. The summed E-state index contributed by atoms with van der Waals surface area (Å²) in [7, 11) is 1.63. The Morgan fingerprint density at radius 1 is 1.00 bits per heavy atom. The number of benzene rings is 2. The second-order valence-electron chi connectivity index (χ2n) is 5.24. The highest BCUT2D eigenvalue weighted by Gasteiger charge is 2.04. The van der Waals surface area contributed by atoms with E-state index in [9.17, 15) is 4.79 Å². The van der Waals surface area contributed by atoms with Crippen molar-refractivity contribution >= 4 is 5.91 Å². The minimum absolute atomic E-state index is 0.0129. The van der Waals surface area contributed by atoms with Crippen molar-refractivity contribution in [2.45, 2.75) is 20.4 Å². The topological polar surface area (TPSA) is 47.6 Å². The molecule has 0 heterocycles. The van der Waals surface area contributed by atoms with Gasteiger partial charge in [-0.2, -0.15) is 0 Å². The van der Waals surface area contributed by atoms with Crippen molar-refractivity contribution in [1.82, 2.24) is 5.32 Å². The summed E-state index contributed by atoms with van der Waals surface area (Å²) >= 11 is 0. The molecule has 4 nitrogen and oxygen atoms in total. The maximum atomic E-state index is 11.8. The Kier molecular flexibility index (Phi) is 5.42. The first-order chi connectivity index (χ1) is 10.6. The lowest BCUT2D eigenvalue weighted by molar-refractivity contribution is -0.123. The third-order valence-electron chi connectivity index (χ3n) is 3.21. The van der Waals surface area contributed by atoms with Crippen LogP contribution in [0.25, 0.3) is 0 Å². The summed E-state index contributed by atoms with van der Waals surface area (Å²) in [5.41, 5.74) is 3.25. The van der Waals surface area contributed by atoms with Crippen LogP contribution < -0.4 is 14.8 Å². The fourth-order valence-electron chi connectivity index (χ4n) is 2.16. The third kappa shape index (κ3) is 4.81. The molecule has 0 saturated heterocycles. The molecule has 0 saturated carbocycles. The number of rotatable bonds is 6. The van der Waals surface area contributed by atoms with Crippen molar-refractivity contribution in [3.63, 3.8) is 0 Å². The van der Waals surface area contributed by atoms with Gasteiger partial charge in [0, 0.05) is 6.54 Å². The SMILES string of the molecule is COc1ccc(CNC(=O)COc2cc(C)cc(C)c2)cc1. The zero-order valence-electron chi connectivity index (χ0n) is 13.2. The molecule has 0 aliphatic heterocycles. The summed E-state index contributed by atoms with van der Waals surface area (Å²) in [4.78, 5) is 11.8. The number of amides is 1. The molecule has 116 valence electrons. The Balaban J connectivity index is 1.80. The molecule has 1 N–H and O–H groups in total. The predicted molar refractivity (Wildman–Crippen MR) is 86.3 cm³/mol. The van der Waals surface area contributed by atoms with Gasteiger partial charge < -0.3 is 14.8 Å². The van der Waals surface area contributed by atoms with Gasteiger partial charge in [-0.3, -0.25) is 4.79 Å². The van der Waals surface area contributed by atoms with E-state index in [1.807, 2.05) is 50.2 Å². The number of nitrogens with one attached hydrogen (secondary N) is 1. The largest absolute Gasteiger partial charge is 0.497 e. The molecule has 0 aromatic heterocycles. The van der Waals surface area contributed by atoms with E-state index in [1.165, 1.54) is 0 Å². The van der Waals surface area contributed by atoms with Crippen molar-refractivity contribution in [3.05, 3.63) is 59.2 Å². The van der Waals surface area contributed by atoms with E-state index in [1.54, 1.807) is 7.11 Å². The van der Waals surface area contributed by atoms with E-state index in [4.69, 9.17) is 9.47 Å². The molecule has 0 unspecified atom stereocenters. The molecule has 0 aliphatic rings. The summed E-state index contributed by atoms with van der Waals surface area (Å²) in [5, 5.41) is 2.83. The zero-order chi connectivity index (χ0) is 15.9. The normalized spacial score (nSPS) is 10.1. The molecule has 2 aromatic rings. The monoisotopic (exact) mass is 299 g/mol. The van der Waals surface area contributed by atoms with Crippen LogP contribution >= 0.6 is 0 Å². The summed E-state index contributed by atoms with van der Waals surface area (Å²) < 4.78 is 10.6. The Morgan fingerprint density at radius 2 is 1.64 bits per heavy atom. The molecule has 1 amide bonds. The van der Waals surface area contributed by atoms with Gasteiger partial charge in [0.15, 0.2) is 6.61 Å². The molecule has 0 aliphatic carbocycles. The number of carbonyl (C=O) groups excluding carboxylic acids is 1. The first-order valence-electron chi connectivity index (χ1n) is 7.17. The molecule has 2 rings (SSSR count). The number of carbonyl (C=O) groups is 1. The molecule has 22 heavy (non-hydrogen) atoms. The Labute approximate surface area is 131 Å². The highest BCUT2D eigenvalue weighted by molar-refractivity contribution is 5.77. The summed E-state index contributed by atoms with van der Waals surface area (Å²) in [6, 6.07) is 13.5. The second-order valence-corrected chi connectivity index (χ2v) is 5.24. The molecule has 4 heteroatoms. The zero-order valence-corrected chi connectivity index (χ0v) is 13.2. The van der Waals surface area contributed by atoms with E-state index in [0.717, 1.165) is 28.2 Å². The van der Waals surface area contributed by atoms with Gasteiger partial charge in [0.2, 0.25) is 0 Å². The van der Waals surface area contributed by atoms with Gasteiger partial charge in [-0.05, 0) is 54.8 Å². The molecule has 0 spiro atoms. The lowest BCUT2D eigenvalue weighted by atomic mass is 10.1. The average molecular weight is 299 g/mol. The van der Waals surface area contributed by atoms with Crippen LogP contribution in [0.1, 0.15) is 16.7 Å². The minimum Gasteiger partial charge on any atom is -0.497 e. The van der Waals surface area contributed by atoms with Crippen LogP contribution in [0.2, 0.25) is 0 Å². The number of hydrogen-bond acceptors (Lipinski definition) is 3. The average Bonchev–Trinajstić information content (AvgIpc) is 2.50. The van der Waals surface area contributed by atoms with Crippen molar-refractivity contribution < 1.29 is 14.3 Å². The van der Waals surface area contributed by atoms with Gasteiger partial charge in [-0.15, -0.1) is 0 Å². The Hall–Kier alpha value is -2.49. The van der Waals surface area contributed by atoms with Gasteiger partial charge in [-0.1, -0.05) is 18.2 Å². The molecule has 2 aromatic carbocycles. The Bertz CT molecular complexity index is 615. The van der Waals surface area contributed by atoms with Gasteiger partial charge >= 0.3 is 0 Å². The van der Waals surface area contributed by atoms with E-state index in [2.05, 4.69) is 11.4 Å². The van der Waals surface area contributed by atoms with Crippen molar-refractivity contribution in [3.8, 4) is 11.5 Å². The number of methoxy groups -OCH3 is 1. The van der Waals surface area contributed by atoms with Crippen molar-refractivity contribution in [2.75, 3.05) is 13.7 Å². The highest BCUT2D eigenvalue weighted by Crippen LogP contribution is 2.16. The first kappa shape index (κ1) is 15.9. The highest BCUT2D eigenvalue weighted by atomic mass is 16.5. The van der Waals surface area contributed by atoms with E-state index >= 15 is 0 Å². The maximum Gasteiger partial charge on any atom is 0.258 e. The minimum atomic E-state index is -0.144. The Morgan fingerprint density at radius 3 is 2.23 bits per heavy atom. The molecular weight excluding hydrogens is 278 g/mol. The van der Waals surface area contributed by atoms with E-state index in [0.29, 0.717) is 6.54 Å². The molecule has 0 atom stereocenters. The van der Waals surface area contributed by atoms with Crippen LogP contribution in [-0.4, -0.2) is 19.6 Å². The fourth-order valence-corrected chi connectivity index (χ4v) is 2.16. The first-order valence-corrected chi connectivity index (χ1v) is 7.17. The van der Waals surface area contributed by atoms with Gasteiger partial charge in [0.1, 0.15) is 11.5 Å². The van der Waals surface area contributed by atoms with E-state index in [-0.39, 0.29) is 12.5 Å². The van der Waals surface area contributed by atoms with Crippen LogP contribution in [0, 0.1) is 13.8 Å². The quantitative estimate of drug-likeness (QED) is 0.892. The summed E-state index contributed by atoms with van der Waals surface area (Å²) in [6.07, 6.45) is 0. The second kappa shape index (κ2) is 7.50. The molecule has 0 fully saturated rings. The lowest BCUT2D eigenvalue weighted by Crippen LogP contribution is -2.28. The molecular formula is C18H21NO3. The van der Waals surface area contributed by atoms with Gasteiger partial charge in [0.25, 0.3) is 5.91 Å². The van der Waals surface area contributed by atoms with E-state index < -0.39 is 0 Å². The fraction of sp³-hybridized carbons (Fsp3) is 0.278. The third-order valence-corrected chi connectivity index (χ3v) is 3.21. The predicted octanol–water partition coefficient (Wildman–Crippen LogP) is 3.01. The van der Waals surface area contributed by atoms with Gasteiger partial charge in [0.05, 0.1) is 7.11 Å². The number of hydrogen-bond donors (Lipinski definition) is 1. The molecule has 0 radical (unpaired) electrons. The number of ether oxygens (including phenoxy) is 2. The smallest absolute Gasteiger partial charge is 0.258 e. The van der Waals surface area contributed by atoms with Crippen LogP contribution in [0.3, 0.4) is 0 Å². The van der Waals surface area contributed by atoms with Crippen molar-refractivity contribution in [1.29, 1.82) is 0 Å². The maximum absolute atomic E-state index is 11.8.